The minimum absolute atomic E-state index is 0.0520. The molecule has 4 nitrogen and oxygen atoms in total. The van der Waals surface area contributed by atoms with Gasteiger partial charge in [-0.15, -0.1) is 0 Å². The number of aldehydes is 1. The fraction of sp³-hybridized carbons (Fsp3) is 0.0833. The minimum Gasteiger partial charge on any atom is -0.464 e. The fourth-order valence-corrected chi connectivity index (χ4v) is 1.56. The van der Waals surface area contributed by atoms with Gasteiger partial charge in [-0.2, -0.15) is 0 Å². The number of hydrogen-bond donors (Lipinski definition) is 0. The number of aromatic nitrogens is 1. The highest BCUT2D eigenvalue weighted by molar-refractivity contribution is 6.06. The third-order valence-corrected chi connectivity index (χ3v) is 2.34. The minimum atomic E-state index is -0.604. The Bertz CT molecular complexity index is 563. The number of rotatable bonds is 2. The van der Waals surface area contributed by atoms with Crippen molar-refractivity contribution < 1.29 is 14.3 Å². The smallest absolute Gasteiger partial charge is 0.357 e. The summed E-state index contributed by atoms with van der Waals surface area (Å²) >= 11 is 0. The van der Waals surface area contributed by atoms with Crippen molar-refractivity contribution in [2.45, 2.75) is 0 Å². The van der Waals surface area contributed by atoms with Crippen LogP contribution < -0.4 is 0 Å². The van der Waals surface area contributed by atoms with Crippen LogP contribution in [0.2, 0.25) is 0 Å². The summed E-state index contributed by atoms with van der Waals surface area (Å²) in [4.78, 5) is 26.3. The lowest BCUT2D eigenvalue weighted by Crippen LogP contribution is -2.08. The van der Waals surface area contributed by atoms with E-state index in [-0.39, 0.29) is 11.3 Å². The van der Waals surface area contributed by atoms with Gasteiger partial charge in [-0.25, -0.2) is 9.78 Å². The number of esters is 1. The molecular formula is C12H9NO3. The number of pyridine rings is 1. The van der Waals surface area contributed by atoms with E-state index in [0.29, 0.717) is 11.7 Å². The summed E-state index contributed by atoms with van der Waals surface area (Å²) in [7, 11) is 1.26. The Morgan fingerprint density at radius 1 is 1.38 bits per heavy atom. The molecule has 0 radical (unpaired) electrons. The fourth-order valence-electron chi connectivity index (χ4n) is 1.56. The van der Waals surface area contributed by atoms with Crippen molar-refractivity contribution in [3.8, 4) is 0 Å². The lowest BCUT2D eigenvalue weighted by Gasteiger charge is -2.05. The van der Waals surface area contributed by atoms with Crippen molar-refractivity contribution in [1.82, 2.24) is 4.98 Å². The van der Waals surface area contributed by atoms with E-state index in [1.807, 2.05) is 12.1 Å². The summed E-state index contributed by atoms with van der Waals surface area (Å²) in [5.41, 5.74) is 0.321. The Labute approximate surface area is 91.9 Å². The van der Waals surface area contributed by atoms with Crippen molar-refractivity contribution in [1.29, 1.82) is 0 Å². The second-order valence-electron chi connectivity index (χ2n) is 3.22. The van der Waals surface area contributed by atoms with Crippen LogP contribution in [0.25, 0.3) is 10.8 Å². The molecule has 0 amide bonds. The zero-order valence-electron chi connectivity index (χ0n) is 8.64. The second kappa shape index (κ2) is 4.10. The largest absolute Gasteiger partial charge is 0.464 e. The monoisotopic (exact) mass is 215 g/mol. The number of fused-ring (bicyclic) bond motifs is 1. The van der Waals surface area contributed by atoms with Crippen LogP contribution in [0.1, 0.15) is 20.8 Å². The molecular weight excluding hydrogens is 206 g/mol. The molecule has 0 fully saturated rings. The van der Waals surface area contributed by atoms with Crippen LogP contribution in [0.4, 0.5) is 0 Å². The highest BCUT2D eigenvalue weighted by atomic mass is 16.5. The Morgan fingerprint density at radius 2 is 2.12 bits per heavy atom. The average molecular weight is 215 g/mol. The number of hydrogen-bond acceptors (Lipinski definition) is 4. The summed E-state index contributed by atoms with van der Waals surface area (Å²) in [6.07, 6.45) is 2.18. The first kappa shape index (κ1) is 10.3. The first-order valence-electron chi connectivity index (χ1n) is 4.69. The third-order valence-electron chi connectivity index (χ3n) is 2.34. The van der Waals surface area contributed by atoms with Gasteiger partial charge in [0.2, 0.25) is 0 Å². The Morgan fingerprint density at radius 3 is 2.81 bits per heavy atom. The van der Waals surface area contributed by atoms with Gasteiger partial charge in [-0.05, 0) is 5.39 Å². The van der Waals surface area contributed by atoms with Crippen molar-refractivity contribution in [3.05, 3.63) is 41.7 Å². The van der Waals surface area contributed by atoms with Gasteiger partial charge in [0.05, 0.1) is 12.7 Å². The molecule has 16 heavy (non-hydrogen) atoms. The molecule has 0 bridgehead atoms. The number of carbonyl (C=O) groups excluding carboxylic acids is 2. The summed E-state index contributed by atoms with van der Waals surface area (Å²) < 4.78 is 4.57. The van der Waals surface area contributed by atoms with Crippen molar-refractivity contribution in [2.24, 2.45) is 0 Å². The van der Waals surface area contributed by atoms with Gasteiger partial charge in [0, 0.05) is 11.6 Å². The maximum absolute atomic E-state index is 11.4. The molecule has 2 rings (SSSR count). The van der Waals surface area contributed by atoms with Gasteiger partial charge in [0.1, 0.15) is 0 Å². The number of nitrogens with zero attached hydrogens (tertiary/aromatic N) is 1. The lowest BCUT2D eigenvalue weighted by atomic mass is 10.1. The summed E-state index contributed by atoms with van der Waals surface area (Å²) in [6, 6.07) is 7.25. The van der Waals surface area contributed by atoms with Gasteiger partial charge in [0.25, 0.3) is 0 Å². The molecule has 0 aliphatic heterocycles. The van der Waals surface area contributed by atoms with Crippen LogP contribution in [0, 0.1) is 0 Å². The van der Waals surface area contributed by atoms with Gasteiger partial charge >= 0.3 is 5.97 Å². The summed E-state index contributed by atoms with van der Waals surface area (Å²) in [6.45, 7) is 0. The highest BCUT2D eigenvalue weighted by Crippen LogP contribution is 2.19. The van der Waals surface area contributed by atoms with Crippen molar-refractivity contribution >= 4 is 23.0 Å². The molecule has 1 aromatic carbocycles. The Balaban J connectivity index is 2.77. The number of methoxy groups -OCH3 is 1. The summed E-state index contributed by atoms with van der Waals surface area (Å²) in [5.74, 6) is -0.604. The van der Waals surface area contributed by atoms with Crippen LogP contribution in [0.5, 0.6) is 0 Å². The number of benzene rings is 1. The van der Waals surface area contributed by atoms with Gasteiger partial charge < -0.3 is 4.74 Å². The second-order valence-corrected chi connectivity index (χ2v) is 3.22. The van der Waals surface area contributed by atoms with Gasteiger partial charge in [-0.3, -0.25) is 4.79 Å². The molecule has 2 aromatic rings. The predicted octanol–water partition coefficient (Wildman–Crippen LogP) is 1.83. The molecule has 80 valence electrons. The molecule has 0 unspecified atom stereocenters. The molecule has 0 saturated carbocycles. The predicted molar refractivity (Wildman–Crippen MR) is 58.5 cm³/mol. The van der Waals surface area contributed by atoms with E-state index < -0.39 is 5.97 Å². The van der Waals surface area contributed by atoms with Crippen LogP contribution in [0.3, 0.4) is 0 Å². The first-order valence-corrected chi connectivity index (χ1v) is 4.69. The topological polar surface area (TPSA) is 56.3 Å². The standard InChI is InChI=1S/C12H9NO3/c1-16-12(15)11-10(7-14)9-5-3-2-4-8(9)6-13-11/h2-7H,1H3. The van der Waals surface area contributed by atoms with E-state index in [4.69, 9.17) is 0 Å². The molecule has 0 aliphatic rings. The van der Waals surface area contributed by atoms with Crippen LogP contribution >= 0.6 is 0 Å². The van der Waals surface area contributed by atoms with E-state index in [9.17, 15) is 9.59 Å². The van der Waals surface area contributed by atoms with Gasteiger partial charge in [0.15, 0.2) is 12.0 Å². The number of ether oxygens (including phenoxy) is 1. The molecule has 4 heteroatoms. The van der Waals surface area contributed by atoms with E-state index >= 15 is 0 Å². The molecule has 0 N–H and O–H groups in total. The quantitative estimate of drug-likeness (QED) is 0.566. The van der Waals surface area contributed by atoms with E-state index in [1.165, 1.54) is 7.11 Å². The van der Waals surface area contributed by atoms with Crippen molar-refractivity contribution in [2.75, 3.05) is 7.11 Å². The highest BCUT2D eigenvalue weighted by Gasteiger charge is 2.15. The maximum atomic E-state index is 11.4. The van der Waals surface area contributed by atoms with Crippen LogP contribution in [-0.4, -0.2) is 24.3 Å². The van der Waals surface area contributed by atoms with E-state index in [0.717, 1.165) is 5.39 Å². The van der Waals surface area contributed by atoms with Crippen LogP contribution in [-0.2, 0) is 4.74 Å². The Kier molecular flexibility index (Phi) is 2.64. The lowest BCUT2D eigenvalue weighted by molar-refractivity contribution is 0.0592. The first-order chi connectivity index (χ1) is 7.77. The molecule has 0 saturated heterocycles. The van der Waals surface area contributed by atoms with E-state index in [2.05, 4.69) is 9.72 Å². The Hall–Kier alpha value is -2.23. The molecule has 1 heterocycles. The van der Waals surface area contributed by atoms with Crippen LogP contribution in [0.15, 0.2) is 30.5 Å². The normalized spacial score (nSPS) is 10.1. The average Bonchev–Trinajstić information content (AvgIpc) is 2.36. The molecule has 0 atom stereocenters. The zero-order valence-corrected chi connectivity index (χ0v) is 8.64. The van der Waals surface area contributed by atoms with E-state index in [1.54, 1.807) is 18.3 Å². The maximum Gasteiger partial charge on any atom is 0.357 e. The van der Waals surface area contributed by atoms with Crippen molar-refractivity contribution in [3.63, 3.8) is 0 Å². The van der Waals surface area contributed by atoms with Gasteiger partial charge in [-0.1, -0.05) is 24.3 Å². The SMILES string of the molecule is COC(=O)c1ncc2ccccc2c1C=O. The summed E-state index contributed by atoms with van der Waals surface area (Å²) in [5, 5.41) is 1.52. The third kappa shape index (κ3) is 1.54. The zero-order chi connectivity index (χ0) is 11.5. The number of carbonyl (C=O) groups is 2. The molecule has 0 spiro atoms. The molecule has 1 aromatic heterocycles. The molecule has 0 aliphatic carbocycles.